The van der Waals surface area contributed by atoms with E-state index in [0.717, 1.165) is 11.4 Å². The maximum Gasteiger partial charge on any atom is 0.309 e. The summed E-state index contributed by atoms with van der Waals surface area (Å²) in [6, 6.07) is 0. The number of halogens is 1. The molecule has 0 spiro atoms. The van der Waals surface area contributed by atoms with Crippen molar-refractivity contribution < 1.29 is 33.7 Å². The Kier molecular flexibility index (Phi) is 8.42. The number of esters is 1. The molecule has 2 aliphatic heterocycles. The molecule has 0 saturated carbocycles. The summed E-state index contributed by atoms with van der Waals surface area (Å²) in [6.45, 7) is 7.30. The average molecular weight is 484 g/mol. The van der Waals surface area contributed by atoms with Crippen LogP contribution in [0.4, 0.5) is 4.39 Å². The standard InChI is InChI=1S/C24H34FNO6S/c1-13-6-5-7-24(4)21(32-24)11-20(18(25)8-16-12-33-15(3)26-16)31-22(29)10-17(27)9-19(28)14(2)23(13)30/h8,12-14,17,20-21,23,27,30H,5-7,9-11H2,1-4H3/t13-,14-,17+,20?,21+,23-,24-/m0/s1. The third kappa shape index (κ3) is 6.91. The number of carbonyl (C=O) groups is 2. The summed E-state index contributed by atoms with van der Waals surface area (Å²) in [6.07, 6.45) is -0.636. The van der Waals surface area contributed by atoms with Crippen LogP contribution in [0.2, 0.25) is 0 Å². The molecule has 2 N–H and O–H groups in total. The Labute approximate surface area is 198 Å². The van der Waals surface area contributed by atoms with Gasteiger partial charge in [-0.15, -0.1) is 11.3 Å². The van der Waals surface area contributed by atoms with Crippen molar-refractivity contribution in [3.63, 3.8) is 0 Å². The summed E-state index contributed by atoms with van der Waals surface area (Å²) in [7, 11) is 0. The number of cyclic esters (lactones) is 1. The predicted molar refractivity (Wildman–Crippen MR) is 122 cm³/mol. The minimum Gasteiger partial charge on any atom is -0.455 e. The van der Waals surface area contributed by atoms with Crippen molar-refractivity contribution in [2.45, 2.75) is 96.2 Å². The number of hydrogen-bond acceptors (Lipinski definition) is 8. The molecule has 0 bridgehead atoms. The van der Waals surface area contributed by atoms with Crippen LogP contribution in [0.25, 0.3) is 6.08 Å². The molecule has 2 saturated heterocycles. The van der Waals surface area contributed by atoms with E-state index in [1.54, 1.807) is 12.3 Å². The Hall–Kier alpha value is -1.68. The van der Waals surface area contributed by atoms with Crippen molar-refractivity contribution in [2.24, 2.45) is 11.8 Å². The van der Waals surface area contributed by atoms with E-state index >= 15 is 4.39 Å². The molecule has 184 valence electrons. The fourth-order valence-corrected chi connectivity index (χ4v) is 4.99. The number of epoxide rings is 1. The Balaban J connectivity index is 1.78. The molecule has 0 radical (unpaired) electrons. The van der Waals surface area contributed by atoms with Crippen molar-refractivity contribution >= 4 is 29.2 Å². The minimum atomic E-state index is -1.26. The normalized spacial score (nSPS) is 37.4. The Morgan fingerprint density at radius 3 is 2.70 bits per heavy atom. The molecule has 2 fully saturated rings. The van der Waals surface area contributed by atoms with E-state index in [1.165, 1.54) is 17.4 Å². The molecule has 0 aromatic carbocycles. The lowest BCUT2D eigenvalue weighted by Crippen LogP contribution is -2.34. The number of aliphatic hydroxyl groups excluding tert-OH is 2. The predicted octanol–water partition coefficient (Wildman–Crippen LogP) is 3.75. The molecule has 2 aliphatic rings. The maximum absolute atomic E-state index is 15.1. The molecule has 7 atom stereocenters. The number of thiazole rings is 1. The first-order valence-corrected chi connectivity index (χ1v) is 12.4. The van der Waals surface area contributed by atoms with Crippen molar-refractivity contribution in [3.05, 3.63) is 21.9 Å². The molecule has 9 heteroatoms. The zero-order valence-electron chi connectivity index (χ0n) is 19.6. The van der Waals surface area contributed by atoms with Gasteiger partial charge in [0.05, 0.1) is 41.0 Å². The summed E-state index contributed by atoms with van der Waals surface area (Å²) in [5, 5.41) is 23.3. The zero-order chi connectivity index (χ0) is 24.3. The van der Waals surface area contributed by atoms with Gasteiger partial charge in [0.2, 0.25) is 0 Å². The third-order valence-electron chi connectivity index (χ3n) is 6.74. The number of ketones is 1. The lowest BCUT2D eigenvalue weighted by atomic mass is 9.84. The van der Waals surface area contributed by atoms with Crippen molar-refractivity contribution in [1.82, 2.24) is 4.98 Å². The Bertz CT molecular complexity index is 888. The van der Waals surface area contributed by atoms with E-state index < -0.39 is 48.0 Å². The van der Waals surface area contributed by atoms with E-state index in [1.807, 2.05) is 20.8 Å². The van der Waals surface area contributed by atoms with Gasteiger partial charge in [-0.3, -0.25) is 9.59 Å². The van der Waals surface area contributed by atoms with Gasteiger partial charge >= 0.3 is 5.97 Å². The lowest BCUT2D eigenvalue weighted by Gasteiger charge is -2.25. The maximum atomic E-state index is 15.1. The minimum absolute atomic E-state index is 0.102. The van der Waals surface area contributed by atoms with E-state index in [4.69, 9.17) is 9.47 Å². The topological polar surface area (TPSA) is 109 Å². The highest BCUT2D eigenvalue weighted by Gasteiger charge is 2.53. The van der Waals surface area contributed by atoms with Gasteiger partial charge < -0.3 is 19.7 Å². The molecule has 1 unspecified atom stereocenters. The van der Waals surface area contributed by atoms with Gasteiger partial charge in [0.25, 0.3) is 0 Å². The highest BCUT2D eigenvalue weighted by atomic mass is 32.1. The van der Waals surface area contributed by atoms with Gasteiger partial charge in [-0.25, -0.2) is 9.37 Å². The highest BCUT2D eigenvalue weighted by molar-refractivity contribution is 7.09. The van der Waals surface area contributed by atoms with E-state index in [2.05, 4.69) is 4.98 Å². The van der Waals surface area contributed by atoms with Crippen molar-refractivity contribution in [2.75, 3.05) is 0 Å². The summed E-state index contributed by atoms with van der Waals surface area (Å²) in [5.74, 6) is -2.51. The first-order valence-electron chi connectivity index (χ1n) is 11.5. The second-order valence-corrected chi connectivity index (χ2v) is 10.7. The quantitative estimate of drug-likeness (QED) is 0.487. The summed E-state index contributed by atoms with van der Waals surface area (Å²) >= 11 is 1.39. The van der Waals surface area contributed by atoms with E-state index in [9.17, 15) is 19.8 Å². The largest absolute Gasteiger partial charge is 0.455 e. The highest BCUT2D eigenvalue weighted by Crippen LogP contribution is 2.45. The van der Waals surface area contributed by atoms with Crippen LogP contribution in [-0.4, -0.2) is 57.0 Å². The number of rotatable bonds is 2. The number of nitrogens with zero attached hydrogens (tertiary/aromatic N) is 1. The average Bonchev–Trinajstić information content (AvgIpc) is 3.17. The van der Waals surface area contributed by atoms with Crippen LogP contribution in [0.3, 0.4) is 0 Å². The molecule has 33 heavy (non-hydrogen) atoms. The first kappa shape index (κ1) is 25.9. The van der Waals surface area contributed by atoms with E-state index in [0.29, 0.717) is 18.5 Å². The monoisotopic (exact) mass is 483 g/mol. The number of aliphatic hydroxyl groups is 2. The van der Waals surface area contributed by atoms with Crippen molar-refractivity contribution in [3.8, 4) is 0 Å². The molecule has 1 aromatic rings. The molecular formula is C24H34FNO6S. The van der Waals surface area contributed by atoms with Gasteiger partial charge in [-0.05, 0) is 38.7 Å². The zero-order valence-corrected chi connectivity index (χ0v) is 20.4. The van der Waals surface area contributed by atoms with Crippen molar-refractivity contribution in [1.29, 1.82) is 0 Å². The van der Waals surface area contributed by atoms with Crippen LogP contribution in [0.5, 0.6) is 0 Å². The van der Waals surface area contributed by atoms with Gasteiger partial charge in [-0.1, -0.05) is 20.3 Å². The fourth-order valence-electron chi connectivity index (χ4n) is 4.42. The molecule has 7 nitrogen and oxygen atoms in total. The third-order valence-corrected chi connectivity index (χ3v) is 7.53. The van der Waals surface area contributed by atoms with Gasteiger partial charge in [-0.2, -0.15) is 0 Å². The number of aryl methyl sites for hydroxylation is 1. The first-order chi connectivity index (χ1) is 15.5. The Morgan fingerprint density at radius 2 is 2.03 bits per heavy atom. The second-order valence-electron chi connectivity index (χ2n) is 9.63. The van der Waals surface area contributed by atoms with Crippen LogP contribution in [0.1, 0.15) is 70.0 Å². The summed E-state index contributed by atoms with van der Waals surface area (Å²) in [4.78, 5) is 29.2. The van der Waals surface area contributed by atoms with Crippen LogP contribution in [0.15, 0.2) is 11.2 Å². The van der Waals surface area contributed by atoms with Gasteiger partial charge in [0.15, 0.2) is 6.10 Å². The molecule has 1 aromatic heterocycles. The summed E-state index contributed by atoms with van der Waals surface area (Å²) in [5.41, 5.74) is -0.00461. The number of fused-ring (bicyclic) bond motifs is 1. The molecule has 0 amide bonds. The van der Waals surface area contributed by atoms with Crippen LogP contribution < -0.4 is 0 Å². The Morgan fingerprint density at radius 1 is 1.30 bits per heavy atom. The van der Waals surface area contributed by atoms with E-state index in [-0.39, 0.29) is 30.6 Å². The number of ether oxygens (including phenoxy) is 2. The molecule has 3 rings (SSSR count). The SMILES string of the molecule is Cc1nc(C=C(F)C2C[C@H]3O[C@@]3(C)CCC[C@H](C)[C@H](O)[C@@H](C)C(=O)C[C@@H](O)CC(=O)O2)cs1. The second kappa shape index (κ2) is 10.7. The van der Waals surface area contributed by atoms with Crippen LogP contribution in [-0.2, 0) is 19.1 Å². The van der Waals surface area contributed by atoms with Crippen LogP contribution >= 0.6 is 11.3 Å². The van der Waals surface area contributed by atoms with Gasteiger partial charge in [0.1, 0.15) is 11.6 Å². The molecular weight excluding hydrogens is 449 g/mol. The van der Waals surface area contributed by atoms with Crippen LogP contribution in [0, 0.1) is 18.8 Å². The number of Topliss-reactive ketones (excluding diaryl/α,β-unsaturated/α-hetero) is 1. The fraction of sp³-hybridized carbons (Fsp3) is 0.708. The lowest BCUT2D eigenvalue weighted by molar-refractivity contribution is -0.151. The molecule has 0 aliphatic carbocycles. The number of carbonyl (C=O) groups excluding carboxylic acids is 2. The number of aromatic nitrogens is 1. The van der Waals surface area contributed by atoms with Gasteiger partial charge in [0, 0.05) is 24.1 Å². The molecule has 3 heterocycles. The number of hydrogen-bond donors (Lipinski definition) is 2. The summed E-state index contributed by atoms with van der Waals surface area (Å²) < 4.78 is 26.4. The smallest absolute Gasteiger partial charge is 0.309 e.